The van der Waals surface area contributed by atoms with Crippen LogP contribution in [0, 0.1) is 40.5 Å². The number of ether oxygens (including phenoxy) is 6. The van der Waals surface area contributed by atoms with Crippen LogP contribution in [0.5, 0.6) is 23.0 Å². The third-order valence-corrected chi connectivity index (χ3v) is 13.9. The van der Waals surface area contributed by atoms with Gasteiger partial charge in [-0.3, -0.25) is 59.6 Å². The molecule has 12 bridgehead atoms. The van der Waals surface area contributed by atoms with Gasteiger partial charge in [-0.15, -0.1) is 0 Å². The van der Waals surface area contributed by atoms with Crippen LogP contribution in [0.2, 0.25) is 0 Å². The molecule has 4 amide bonds. The summed E-state index contributed by atoms with van der Waals surface area (Å²) in [7, 11) is 0. The van der Waals surface area contributed by atoms with Crippen LogP contribution in [-0.2, 0) is 35.2 Å². The highest BCUT2D eigenvalue weighted by Gasteiger charge is 2.28. The fraction of sp³-hybridized carbons (Fsp3) is 0.214. The lowest BCUT2D eigenvalue weighted by atomic mass is 9.90. The lowest BCUT2D eigenvalue weighted by molar-refractivity contribution is -0.384. The molecule has 0 atom stereocenters. The number of rotatable bonds is 12. The average molecular weight is 1180 g/mol. The fourth-order valence-electron chi connectivity index (χ4n) is 10.2. The maximum absolute atomic E-state index is 14.0. The van der Waals surface area contributed by atoms with Gasteiger partial charge in [0.2, 0.25) is 0 Å². The zero-order valence-electron chi connectivity index (χ0n) is 44.9. The molecule has 86 heavy (non-hydrogen) atoms. The minimum Gasteiger partial charge on any atom is -0.491 e. The number of amides is 4. The molecule has 11 rings (SSSR count). The first kappa shape index (κ1) is 56.5. The molecule has 0 radical (unpaired) electrons. The SMILES string of the molecule is O=C(Nc1cc2c3c(c1)Cc1cc(NC(=O)c4cc([N+](=O)[O-])c[nH]4)cc4c1OCCOCCOc1c(cc(NC(=O)c5cc([N+](=O)[O-])c[nH]5)cc1Cc1cc(NC(=O)c5cc([N+](=O)[O-])c[nH]5)cc(c1OCCOCCO3)C2)C4)c1cc([N+](=O)[O-])c[nH]1. The van der Waals surface area contributed by atoms with Crippen molar-refractivity contribution in [2.75, 3.05) is 74.1 Å². The normalized spacial score (nSPS) is 13.9. The number of aromatic nitrogens is 4. The molecule has 0 spiro atoms. The molecule has 0 saturated carbocycles. The van der Waals surface area contributed by atoms with E-state index in [0.717, 1.165) is 49.1 Å². The molecular weight excluding hydrogens is 1130 g/mol. The summed E-state index contributed by atoms with van der Waals surface area (Å²) in [4.78, 5) is 111. The quantitative estimate of drug-likeness (QED) is 0.0425. The molecule has 8 N–H and O–H groups in total. The molecule has 2 aliphatic heterocycles. The van der Waals surface area contributed by atoms with Gasteiger partial charge >= 0.3 is 0 Å². The number of nitro groups is 4. The van der Waals surface area contributed by atoms with E-state index >= 15 is 0 Å². The molecule has 30 heteroatoms. The summed E-state index contributed by atoms with van der Waals surface area (Å²) in [5, 5.41) is 58.2. The number of nitrogens with zero attached hydrogens (tertiary/aromatic N) is 4. The largest absolute Gasteiger partial charge is 0.491 e. The molecule has 0 saturated heterocycles. The smallest absolute Gasteiger partial charge is 0.287 e. The molecule has 4 aromatic heterocycles. The molecular formula is C56H48N12O18. The third-order valence-electron chi connectivity index (χ3n) is 13.9. The number of H-pyrrole nitrogens is 4. The molecule has 6 heterocycles. The highest BCUT2D eigenvalue weighted by atomic mass is 16.6. The summed E-state index contributed by atoms with van der Waals surface area (Å²) >= 11 is 0. The van der Waals surface area contributed by atoms with Gasteiger partial charge < -0.3 is 69.6 Å². The third kappa shape index (κ3) is 12.5. The van der Waals surface area contributed by atoms with Crippen molar-refractivity contribution in [3.05, 3.63) is 205 Å². The van der Waals surface area contributed by atoms with E-state index in [-0.39, 0.29) is 147 Å². The second-order valence-corrected chi connectivity index (χ2v) is 19.8. The Balaban J connectivity index is 1.16. The number of nitrogens with one attached hydrogen (secondary N) is 8. The summed E-state index contributed by atoms with van der Waals surface area (Å²) in [6, 6.07) is 17.4. The Hall–Kier alpha value is -11.4. The van der Waals surface area contributed by atoms with Gasteiger partial charge in [0, 0.05) is 117 Å². The number of anilines is 4. The van der Waals surface area contributed by atoms with Crippen LogP contribution in [0.1, 0.15) is 86.5 Å². The topological polar surface area (TPSA) is 408 Å². The van der Waals surface area contributed by atoms with Gasteiger partial charge in [0.05, 0.1) is 70.9 Å². The Morgan fingerprint density at radius 1 is 0.326 bits per heavy atom. The van der Waals surface area contributed by atoms with Crippen molar-refractivity contribution in [1.29, 1.82) is 0 Å². The molecule has 30 nitrogen and oxygen atoms in total. The van der Waals surface area contributed by atoms with Crippen molar-refractivity contribution < 1.29 is 67.3 Å². The molecule has 4 aromatic carbocycles. The van der Waals surface area contributed by atoms with Gasteiger partial charge in [-0.1, -0.05) is 0 Å². The molecule has 440 valence electrons. The molecule has 8 aromatic rings. The number of aromatic amines is 4. The van der Waals surface area contributed by atoms with Crippen LogP contribution < -0.4 is 40.2 Å². The predicted octanol–water partition coefficient (Wildman–Crippen LogP) is 7.89. The van der Waals surface area contributed by atoms with Crippen molar-refractivity contribution >= 4 is 69.1 Å². The Kier molecular flexibility index (Phi) is 15.9. The lowest BCUT2D eigenvalue weighted by Gasteiger charge is -2.26. The molecule has 0 fully saturated rings. The summed E-state index contributed by atoms with van der Waals surface area (Å²) in [6.45, 7) is 0.271. The van der Waals surface area contributed by atoms with E-state index in [9.17, 15) is 59.6 Å². The summed E-state index contributed by atoms with van der Waals surface area (Å²) < 4.78 is 38.8. The maximum Gasteiger partial charge on any atom is 0.287 e. The molecule has 0 unspecified atom stereocenters. The van der Waals surface area contributed by atoms with E-state index in [0.29, 0.717) is 67.5 Å². The zero-order valence-corrected chi connectivity index (χ0v) is 44.9. The van der Waals surface area contributed by atoms with Gasteiger partial charge in [0.15, 0.2) is 0 Å². The number of carbonyl (C=O) groups excluding carboxylic acids is 4. The van der Waals surface area contributed by atoms with Gasteiger partial charge in [-0.2, -0.15) is 0 Å². The lowest BCUT2D eigenvalue weighted by Crippen LogP contribution is -2.19. The minimum absolute atomic E-state index is 0.00426. The highest BCUT2D eigenvalue weighted by molar-refractivity contribution is 6.06. The number of hydrogen-bond acceptors (Lipinski definition) is 18. The zero-order chi connectivity index (χ0) is 60.2. The van der Waals surface area contributed by atoms with E-state index in [1.807, 2.05) is 0 Å². The summed E-state index contributed by atoms with van der Waals surface area (Å²) in [5.74, 6) is -1.82. The van der Waals surface area contributed by atoms with E-state index in [4.69, 9.17) is 28.4 Å². The monoisotopic (exact) mass is 1180 g/mol. The number of benzene rings is 4. The Morgan fingerprint density at radius 3 is 0.698 bits per heavy atom. The van der Waals surface area contributed by atoms with Crippen LogP contribution in [0.4, 0.5) is 45.5 Å². The van der Waals surface area contributed by atoms with E-state index in [2.05, 4.69) is 41.2 Å². The van der Waals surface area contributed by atoms with Gasteiger partial charge in [-0.25, -0.2) is 0 Å². The molecule has 3 aliphatic rings. The van der Waals surface area contributed by atoms with Crippen LogP contribution >= 0.6 is 0 Å². The first-order chi connectivity index (χ1) is 41.5. The van der Waals surface area contributed by atoms with Crippen molar-refractivity contribution in [3.8, 4) is 23.0 Å². The van der Waals surface area contributed by atoms with Gasteiger partial charge in [0.25, 0.3) is 46.4 Å². The Bertz CT molecular complexity index is 3560. The van der Waals surface area contributed by atoms with Crippen molar-refractivity contribution in [2.24, 2.45) is 0 Å². The number of hydrogen-bond donors (Lipinski definition) is 8. The van der Waals surface area contributed by atoms with Crippen LogP contribution in [-0.4, -0.2) is 116 Å². The standard InChI is InChI=1S/C56H48N12O18/c69-53(45-21-41(25-57-45)65(73)74)61-37-13-29-9-30-14-38(62-54(70)46-22-42(26-58-46)66(75)76)19-35-12-36-20-40(64-56(72)48-24-44(28-60-48)68(79)80)16-32-10-31-15-39(63-55(71)47-23-43(27-59-47)67(77)78)18-34(51(31)85-7-3-82-4-8-86-52(32)36)11-33(17-37)49(29)83-5-1-81-2-6-84-50(30)35/h13-28,57-60H,1-12H2,(H,61,69)(H,62,70)(H,63,71)(H,64,72). The second-order valence-electron chi connectivity index (χ2n) is 19.8. The first-order valence-electron chi connectivity index (χ1n) is 26.4. The highest BCUT2D eigenvalue weighted by Crippen LogP contribution is 2.43. The summed E-state index contributed by atoms with van der Waals surface area (Å²) in [6.07, 6.45) is 3.95. The second kappa shape index (κ2) is 24.2. The Morgan fingerprint density at radius 2 is 0.523 bits per heavy atom. The van der Waals surface area contributed by atoms with Crippen LogP contribution in [0.25, 0.3) is 0 Å². The van der Waals surface area contributed by atoms with Crippen LogP contribution in [0.3, 0.4) is 0 Å². The summed E-state index contributed by atoms with van der Waals surface area (Å²) in [5.41, 5.74) is 2.08. The number of carbonyl (C=O) groups is 4. The van der Waals surface area contributed by atoms with Gasteiger partial charge in [0.1, 0.15) is 72.2 Å². The van der Waals surface area contributed by atoms with E-state index < -0.39 is 43.3 Å². The van der Waals surface area contributed by atoms with Crippen molar-refractivity contribution in [1.82, 2.24) is 19.9 Å². The predicted molar refractivity (Wildman–Crippen MR) is 302 cm³/mol. The fourth-order valence-corrected chi connectivity index (χ4v) is 10.2. The van der Waals surface area contributed by atoms with E-state index in [1.54, 1.807) is 48.5 Å². The van der Waals surface area contributed by atoms with Crippen molar-refractivity contribution in [2.45, 2.75) is 25.7 Å². The van der Waals surface area contributed by atoms with Gasteiger partial charge in [-0.05, 0) is 48.5 Å². The maximum atomic E-state index is 14.0. The van der Waals surface area contributed by atoms with Crippen molar-refractivity contribution in [3.63, 3.8) is 0 Å². The minimum atomic E-state index is -0.750. The van der Waals surface area contributed by atoms with E-state index in [1.165, 1.54) is 0 Å². The van der Waals surface area contributed by atoms with Crippen LogP contribution in [0.15, 0.2) is 97.6 Å². The first-order valence-corrected chi connectivity index (χ1v) is 26.4. The average Bonchev–Trinajstić information content (AvgIpc) is 3.05. The molecule has 1 aliphatic carbocycles. The Labute approximate surface area is 483 Å².